The van der Waals surface area contributed by atoms with Crippen LogP contribution < -0.4 is 0 Å². The highest BCUT2D eigenvalue weighted by Gasteiger charge is 2.11. The summed E-state index contributed by atoms with van der Waals surface area (Å²) in [5.74, 6) is 0.633. The minimum Gasteiger partial charge on any atom is -0.343 e. The highest BCUT2D eigenvalue weighted by atomic mass is 14.9. The Kier molecular flexibility index (Phi) is 3.54. The van der Waals surface area contributed by atoms with Crippen molar-refractivity contribution >= 4 is 11.0 Å². The molecule has 0 aromatic carbocycles. The molecule has 1 unspecified atom stereocenters. The van der Waals surface area contributed by atoms with E-state index in [0.717, 1.165) is 11.0 Å². The van der Waals surface area contributed by atoms with E-state index in [4.69, 9.17) is 0 Å². The van der Waals surface area contributed by atoms with Gasteiger partial charge in [-0.3, -0.25) is 0 Å². The molecular formula is C13H19N3. The van der Waals surface area contributed by atoms with E-state index in [1.165, 1.54) is 31.4 Å². The van der Waals surface area contributed by atoms with Gasteiger partial charge in [-0.05, 0) is 24.8 Å². The van der Waals surface area contributed by atoms with E-state index in [9.17, 15) is 0 Å². The van der Waals surface area contributed by atoms with Gasteiger partial charge in [0, 0.05) is 17.3 Å². The maximum Gasteiger partial charge on any atom is 0.140 e. The number of hydrogen-bond acceptors (Lipinski definition) is 2. The lowest BCUT2D eigenvalue weighted by molar-refractivity contribution is 0.560. The molecular weight excluding hydrogens is 198 g/mol. The standard InChI is InChI=1S/C13H19N3/c1-3-5-6-10(4-2)12-7-11-8-14-9-15-13(11)16-12/h7-10H,3-6H2,1-2H3,(H,14,15,16). The van der Waals surface area contributed by atoms with Gasteiger partial charge >= 0.3 is 0 Å². The van der Waals surface area contributed by atoms with Gasteiger partial charge in [0.05, 0.1) is 0 Å². The van der Waals surface area contributed by atoms with Gasteiger partial charge < -0.3 is 4.98 Å². The number of nitrogens with one attached hydrogen (secondary N) is 1. The Balaban J connectivity index is 2.23. The molecule has 0 fully saturated rings. The fourth-order valence-corrected chi connectivity index (χ4v) is 2.14. The normalized spacial score (nSPS) is 13.1. The summed E-state index contributed by atoms with van der Waals surface area (Å²) in [4.78, 5) is 11.7. The van der Waals surface area contributed by atoms with E-state index in [0.29, 0.717) is 5.92 Å². The molecule has 0 amide bonds. The molecule has 16 heavy (non-hydrogen) atoms. The van der Waals surface area contributed by atoms with Crippen molar-refractivity contribution in [3.63, 3.8) is 0 Å². The van der Waals surface area contributed by atoms with Crippen LogP contribution >= 0.6 is 0 Å². The summed E-state index contributed by atoms with van der Waals surface area (Å²) < 4.78 is 0. The van der Waals surface area contributed by atoms with Crippen LogP contribution in [0, 0.1) is 0 Å². The quantitative estimate of drug-likeness (QED) is 0.830. The van der Waals surface area contributed by atoms with Gasteiger partial charge in [0.2, 0.25) is 0 Å². The lowest BCUT2D eigenvalue weighted by atomic mass is 9.96. The molecule has 1 atom stereocenters. The maximum absolute atomic E-state index is 4.23. The van der Waals surface area contributed by atoms with Gasteiger partial charge in [0.15, 0.2) is 0 Å². The zero-order chi connectivity index (χ0) is 11.4. The summed E-state index contributed by atoms with van der Waals surface area (Å²) in [5, 5.41) is 1.12. The molecule has 0 aliphatic rings. The Hall–Kier alpha value is -1.38. The Labute approximate surface area is 96.3 Å². The molecule has 0 aliphatic carbocycles. The molecule has 0 bridgehead atoms. The van der Waals surface area contributed by atoms with Gasteiger partial charge in [-0.1, -0.05) is 26.7 Å². The predicted octanol–water partition coefficient (Wildman–Crippen LogP) is 3.64. The van der Waals surface area contributed by atoms with Crippen LogP contribution in [0.25, 0.3) is 11.0 Å². The minimum absolute atomic E-state index is 0.633. The molecule has 3 heteroatoms. The lowest BCUT2D eigenvalue weighted by Gasteiger charge is -2.11. The molecule has 2 heterocycles. The van der Waals surface area contributed by atoms with E-state index in [-0.39, 0.29) is 0 Å². The number of hydrogen-bond donors (Lipinski definition) is 1. The zero-order valence-electron chi connectivity index (χ0n) is 10.0. The zero-order valence-corrected chi connectivity index (χ0v) is 10.0. The van der Waals surface area contributed by atoms with Gasteiger partial charge in [0.1, 0.15) is 12.0 Å². The summed E-state index contributed by atoms with van der Waals surface area (Å²) in [6.45, 7) is 4.49. The van der Waals surface area contributed by atoms with Crippen LogP contribution in [0.15, 0.2) is 18.6 Å². The van der Waals surface area contributed by atoms with E-state index in [1.54, 1.807) is 6.33 Å². The summed E-state index contributed by atoms with van der Waals surface area (Å²) >= 11 is 0. The molecule has 3 nitrogen and oxygen atoms in total. The average molecular weight is 217 g/mol. The first-order valence-electron chi connectivity index (χ1n) is 6.13. The molecule has 0 aliphatic heterocycles. The first-order chi connectivity index (χ1) is 7.85. The van der Waals surface area contributed by atoms with Crippen LogP contribution in [-0.2, 0) is 0 Å². The Morgan fingerprint density at radius 2 is 2.25 bits per heavy atom. The minimum atomic E-state index is 0.633. The van der Waals surface area contributed by atoms with Crippen molar-refractivity contribution in [1.82, 2.24) is 15.0 Å². The first-order valence-corrected chi connectivity index (χ1v) is 6.13. The van der Waals surface area contributed by atoms with Crippen molar-refractivity contribution in [3.8, 4) is 0 Å². The molecule has 86 valence electrons. The molecule has 2 rings (SSSR count). The fourth-order valence-electron chi connectivity index (χ4n) is 2.14. The Morgan fingerprint density at radius 3 is 2.94 bits per heavy atom. The van der Waals surface area contributed by atoms with Crippen LogP contribution in [-0.4, -0.2) is 15.0 Å². The van der Waals surface area contributed by atoms with Gasteiger partial charge in [-0.2, -0.15) is 0 Å². The second kappa shape index (κ2) is 5.10. The van der Waals surface area contributed by atoms with Crippen molar-refractivity contribution in [3.05, 3.63) is 24.3 Å². The predicted molar refractivity (Wildman–Crippen MR) is 66.4 cm³/mol. The highest BCUT2D eigenvalue weighted by Crippen LogP contribution is 2.26. The average Bonchev–Trinajstić information content (AvgIpc) is 2.73. The van der Waals surface area contributed by atoms with Crippen LogP contribution in [0.1, 0.15) is 51.1 Å². The van der Waals surface area contributed by atoms with E-state index < -0.39 is 0 Å². The highest BCUT2D eigenvalue weighted by molar-refractivity contribution is 5.75. The van der Waals surface area contributed by atoms with Gasteiger partial charge in [-0.15, -0.1) is 0 Å². The molecule has 2 aromatic rings. The fraction of sp³-hybridized carbons (Fsp3) is 0.538. The number of rotatable bonds is 5. The number of unbranched alkanes of at least 4 members (excludes halogenated alkanes) is 1. The van der Waals surface area contributed by atoms with Crippen LogP contribution in [0.3, 0.4) is 0 Å². The topological polar surface area (TPSA) is 41.6 Å². The van der Waals surface area contributed by atoms with Gasteiger partial charge in [0.25, 0.3) is 0 Å². The maximum atomic E-state index is 4.23. The second-order valence-electron chi connectivity index (χ2n) is 4.30. The van der Waals surface area contributed by atoms with Crippen LogP contribution in [0.5, 0.6) is 0 Å². The number of H-pyrrole nitrogens is 1. The van der Waals surface area contributed by atoms with Crippen molar-refractivity contribution in [2.45, 2.75) is 45.4 Å². The first kappa shape index (κ1) is 11.1. The van der Waals surface area contributed by atoms with E-state index in [2.05, 4.69) is 34.9 Å². The third-order valence-electron chi connectivity index (χ3n) is 3.15. The SMILES string of the molecule is CCCCC(CC)c1cc2cncnc2[nH]1. The smallest absolute Gasteiger partial charge is 0.140 e. The van der Waals surface area contributed by atoms with Crippen molar-refractivity contribution < 1.29 is 0 Å². The Morgan fingerprint density at radius 1 is 1.38 bits per heavy atom. The van der Waals surface area contributed by atoms with E-state index >= 15 is 0 Å². The number of fused-ring (bicyclic) bond motifs is 1. The lowest BCUT2D eigenvalue weighted by Crippen LogP contribution is -1.97. The molecule has 1 N–H and O–H groups in total. The number of aromatic amines is 1. The second-order valence-corrected chi connectivity index (χ2v) is 4.30. The van der Waals surface area contributed by atoms with Crippen molar-refractivity contribution in [2.24, 2.45) is 0 Å². The molecule has 2 aromatic heterocycles. The van der Waals surface area contributed by atoms with E-state index in [1.807, 2.05) is 6.20 Å². The summed E-state index contributed by atoms with van der Waals surface area (Å²) in [6.07, 6.45) is 8.45. The number of nitrogens with zero attached hydrogens (tertiary/aromatic N) is 2. The molecule has 0 saturated heterocycles. The van der Waals surface area contributed by atoms with Crippen molar-refractivity contribution in [2.75, 3.05) is 0 Å². The van der Waals surface area contributed by atoms with Gasteiger partial charge in [-0.25, -0.2) is 9.97 Å². The summed E-state index contributed by atoms with van der Waals surface area (Å²) in [6, 6.07) is 2.19. The van der Waals surface area contributed by atoms with Crippen LogP contribution in [0.2, 0.25) is 0 Å². The largest absolute Gasteiger partial charge is 0.343 e. The molecule has 0 spiro atoms. The van der Waals surface area contributed by atoms with Crippen molar-refractivity contribution in [1.29, 1.82) is 0 Å². The third kappa shape index (κ3) is 2.23. The van der Waals surface area contributed by atoms with Crippen LogP contribution in [0.4, 0.5) is 0 Å². The summed E-state index contributed by atoms with van der Waals surface area (Å²) in [7, 11) is 0. The Bertz CT molecular complexity index is 414. The summed E-state index contributed by atoms with van der Waals surface area (Å²) in [5.41, 5.74) is 2.27. The monoisotopic (exact) mass is 217 g/mol. The number of aromatic nitrogens is 3. The molecule has 0 saturated carbocycles. The molecule has 0 radical (unpaired) electrons. The third-order valence-corrected chi connectivity index (χ3v) is 3.15.